The van der Waals surface area contributed by atoms with Gasteiger partial charge in [-0.2, -0.15) is 8.42 Å². The van der Waals surface area contributed by atoms with E-state index in [4.69, 9.17) is 4.55 Å². The predicted molar refractivity (Wildman–Crippen MR) is 89.3 cm³/mol. The molecule has 1 aromatic carbocycles. The second-order valence-corrected chi connectivity index (χ2v) is 6.80. The first-order valence-electron chi connectivity index (χ1n) is 7.00. The van der Waals surface area contributed by atoms with Crippen LogP contribution in [0.4, 0.5) is 16.5 Å². The Morgan fingerprint density at radius 1 is 1.33 bits per heavy atom. The highest BCUT2D eigenvalue weighted by Gasteiger charge is 2.08. The van der Waals surface area contributed by atoms with Crippen LogP contribution in [-0.4, -0.2) is 37.5 Å². The van der Waals surface area contributed by atoms with E-state index in [1.54, 1.807) is 10.9 Å². The summed E-state index contributed by atoms with van der Waals surface area (Å²) in [4.78, 5) is 1.94. The highest BCUT2D eigenvalue weighted by atomic mass is 32.3. The first kappa shape index (κ1) is 18.4. The fourth-order valence-electron chi connectivity index (χ4n) is 1.81. The van der Waals surface area contributed by atoms with E-state index < -0.39 is 10.4 Å². The molecule has 1 heterocycles. The van der Waals surface area contributed by atoms with Crippen LogP contribution >= 0.6 is 11.5 Å². The van der Waals surface area contributed by atoms with Gasteiger partial charge < -0.3 is 4.90 Å². The van der Waals surface area contributed by atoms with Crippen LogP contribution in [0.15, 0.2) is 40.8 Å². The Bertz CT molecular complexity index is 789. The largest absolute Gasteiger partial charge is 0.397 e. The maximum atomic E-state index is 10.4. The molecule has 0 aliphatic rings. The molecule has 0 atom stereocenters. The molecule has 0 unspecified atom stereocenters. The van der Waals surface area contributed by atoms with Crippen molar-refractivity contribution < 1.29 is 21.7 Å². The number of nitrogens with zero attached hydrogens (tertiary/aromatic N) is 5. The molecule has 0 saturated carbocycles. The smallest absolute Gasteiger partial charge is 0.375 e. The molecule has 130 valence electrons. The summed E-state index contributed by atoms with van der Waals surface area (Å²) in [7, 11) is -0.642. The molecule has 0 aliphatic heterocycles. The molecule has 0 radical (unpaired) electrons. The molecule has 2 rings (SSSR count). The van der Waals surface area contributed by atoms with E-state index in [0.717, 1.165) is 11.4 Å². The number of anilines is 1. The fraction of sp³-hybridized carbons (Fsp3) is 0.385. The minimum absolute atomic E-state index is 0.0681. The van der Waals surface area contributed by atoms with Crippen molar-refractivity contribution in [3.63, 3.8) is 0 Å². The molecular formula is C13H18N5O4S2+. The highest BCUT2D eigenvalue weighted by Crippen LogP contribution is 2.21. The van der Waals surface area contributed by atoms with Crippen LogP contribution in [0.25, 0.3) is 0 Å². The second-order valence-electron chi connectivity index (χ2n) is 4.95. The van der Waals surface area contributed by atoms with Gasteiger partial charge in [0.05, 0.1) is 13.7 Å². The van der Waals surface area contributed by atoms with E-state index in [-0.39, 0.29) is 6.61 Å². The predicted octanol–water partition coefficient (Wildman–Crippen LogP) is 2.03. The number of benzene rings is 1. The molecule has 1 aromatic heterocycles. The van der Waals surface area contributed by atoms with Gasteiger partial charge in [0.2, 0.25) is 6.33 Å². The minimum atomic E-state index is -4.37. The molecule has 2 aromatic rings. The Kier molecular flexibility index (Phi) is 6.31. The number of aromatic nitrogens is 2. The van der Waals surface area contributed by atoms with E-state index in [0.29, 0.717) is 18.1 Å². The molecule has 24 heavy (non-hydrogen) atoms. The van der Waals surface area contributed by atoms with Crippen molar-refractivity contribution in [1.82, 2.24) is 4.37 Å². The van der Waals surface area contributed by atoms with Crippen LogP contribution in [0.2, 0.25) is 0 Å². The lowest BCUT2D eigenvalue weighted by Gasteiger charge is -2.18. The summed E-state index contributed by atoms with van der Waals surface area (Å²) in [5.41, 5.74) is 1.67. The lowest BCUT2D eigenvalue weighted by atomic mass is 10.2. The van der Waals surface area contributed by atoms with Crippen molar-refractivity contribution in [2.75, 3.05) is 25.1 Å². The Labute approximate surface area is 144 Å². The molecule has 0 bridgehead atoms. The van der Waals surface area contributed by atoms with Crippen LogP contribution in [0.3, 0.4) is 0 Å². The topological polar surface area (TPSA) is 108 Å². The average molecular weight is 372 g/mol. The Morgan fingerprint density at radius 3 is 2.62 bits per heavy atom. The van der Waals surface area contributed by atoms with E-state index in [9.17, 15) is 8.42 Å². The molecular weight excluding hydrogens is 354 g/mol. The van der Waals surface area contributed by atoms with Crippen molar-refractivity contribution in [1.29, 1.82) is 0 Å². The van der Waals surface area contributed by atoms with E-state index in [1.807, 2.05) is 43.3 Å². The number of hydrogen-bond donors (Lipinski definition) is 1. The first-order chi connectivity index (χ1) is 11.3. The van der Waals surface area contributed by atoms with Crippen LogP contribution in [0, 0.1) is 0 Å². The van der Waals surface area contributed by atoms with E-state index >= 15 is 0 Å². The van der Waals surface area contributed by atoms with Gasteiger partial charge in [0.25, 0.3) is 0 Å². The summed E-state index contributed by atoms with van der Waals surface area (Å²) in [6, 6.07) is 7.46. The average Bonchev–Trinajstić information content (AvgIpc) is 2.94. The standard InChI is InChI=1S/C13H17N5O4S2/c1-17(8-3-9-22-24(19,20)21)12-6-4-11(5-7-12)15-16-13-18(2)10-14-23-13/h4-7,10H,3,8-9H2,1-2H3/p+1. The van der Waals surface area contributed by atoms with E-state index in [1.165, 1.54) is 11.5 Å². The third kappa shape index (κ3) is 5.92. The number of hydrogen-bond acceptors (Lipinski definition) is 8. The van der Waals surface area contributed by atoms with Crippen molar-refractivity contribution in [3.05, 3.63) is 30.6 Å². The van der Waals surface area contributed by atoms with Crippen molar-refractivity contribution in [2.45, 2.75) is 6.42 Å². The monoisotopic (exact) mass is 372 g/mol. The molecule has 0 spiro atoms. The molecule has 1 N–H and O–H groups in total. The SMILES string of the molecule is CN(CCCOS(=O)(=O)O)c1ccc(N=Nc2snc[n+]2C)cc1. The molecule has 0 saturated heterocycles. The van der Waals surface area contributed by atoms with Crippen LogP contribution in [-0.2, 0) is 21.6 Å². The Hall–Kier alpha value is -1.95. The zero-order valence-corrected chi connectivity index (χ0v) is 14.9. The summed E-state index contributed by atoms with van der Waals surface area (Å²) < 4.78 is 39.4. The lowest BCUT2D eigenvalue weighted by molar-refractivity contribution is -0.656. The normalized spacial score (nSPS) is 12.0. The summed E-state index contributed by atoms with van der Waals surface area (Å²) >= 11 is 1.26. The van der Waals surface area contributed by atoms with Gasteiger partial charge in [0.1, 0.15) is 17.2 Å². The fourth-order valence-corrected chi connectivity index (χ4v) is 2.68. The summed E-state index contributed by atoms with van der Waals surface area (Å²) in [6.45, 7) is 0.508. The molecule has 0 aliphatic carbocycles. The third-order valence-corrected chi connectivity index (χ3v) is 4.27. The maximum Gasteiger partial charge on any atom is 0.397 e. The van der Waals surface area contributed by atoms with Gasteiger partial charge in [-0.25, -0.2) is 8.75 Å². The Balaban J connectivity index is 1.87. The zero-order valence-electron chi connectivity index (χ0n) is 13.2. The van der Waals surface area contributed by atoms with Gasteiger partial charge in [-0.3, -0.25) is 4.55 Å². The maximum absolute atomic E-state index is 10.4. The summed E-state index contributed by atoms with van der Waals surface area (Å²) in [6.07, 6.45) is 2.13. The van der Waals surface area contributed by atoms with Crippen molar-refractivity contribution >= 4 is 38.4 Å². The van der Waals surface area contributed by atoms with E-state index in [2.05, 4.69) is 18.8 Å². The van der Waals surface area contributed by atoms with Crippen molar-refractivity contribution in [3.8, 4) is 0 Å². The van der Waals surface area contributed by atoms with Crippen molar-refractivity contribution in [2.24, 2.45) is 17.3 Å². The van der Waals surface area contributed by atoms with Gasteiger partial charge in [-0.05, 0) is 35.1 Å². The number of azo groups is 1. The van der Waals surface area contributed by atoms with Crippen LogP contribution in [0.1, 0.15) is 6.42 Å². The van der Waals surface area contributed by atoms with Gasteiger partial charge in [0, 0.05) is 24.4 Å². The number of aryl methyl sites for hydroxylation is 1. The van der Waals surface area contributed by atoms with Gasteiger partial charge in [0.15, 0.2) is 0 Å². The quantitative estimate of drug-likeness (QED) is 0.329. The Morgan fingerprint density at radius 2 is 2.04 bits per heavy atom. The molecule has 0 amide bonds. The second kappa shape index (κ2) is 8.24. The van der Waals surface area contributed by atoms with Crippen LogP contribution < -0.4 is 9.47 Å². The number of rotatable bonds is 8. The van der Waals surface area contributed by atoms with Gasteiger partial charge in [-0.1, -0.05) is 5.11 Å². The lowest BCUT2D eigenvalue weighted by Crippen LogP contribution is -2.23. The molecule has 9 nitrogen and oxygen atoms in total. The molecule has 0 fully saturated rings. The zero-order chi connectivity index (χ0) is 17.6. The minimum Gasteiger partial charge on any atom is -0.375 e. The highest BCUT2D eigenvalue weighted by molar-refractivity contribution is 7.80. The third-order valence-electron chi connectivity index (χ3n) is 3.07. The van der Waals surface area contributed by atoms with Gasteiger partial charge in [-0.15, -0.1) is 0 Å². The summed E-state index contributed by atoms with van der Waals surface area (Å²) in [5, 5.41) is 8.99. The van der Waals surface area contributed by atoms with Crippen LogP contribution in [0.5, 0.6) is 0 Å². The van der Waals surface area contributed by atoms with Gasteiger partial charge >= 0.3 is 15.5 Å². The first-order valence-corrected chi connectivity index (χ1v) is 9.14. The summed E-state index contributed by atoms with van der Waals surface area (Å²) in [5.74, 6) is 0. The molecule has 11 heteroatoms.